The molecule has 0 bridgehead atoms. The second kappa shape index (κ2) is 4.94. The van der Waals surface area contributed by atoms with Crippen LogP contribution in [0.4, 0.5) is 5.13 Å². The van der Waals surface area contributed by atoms with E-state index in [4.69, 9.17) is 4.98 Å². The molecule has 1 aliphatic rings. The van der Waals surface area contributed by atoms with E-state index in [0.717, 1.165) is 26.2 Å². The molecular formula is C13H23N3S. The third-order valence-corrected chi connectivity index (χ3v) is 4.58. The summed E-state index contributed by atoms with van der Waals surface area (Å²) < 4.78 is 0. The molecule has 1 saturated heterocycles. The Labute approximate surface area is 108 Å². The first kappa shape index (κ1) is 12.8. The zero-order valence-corrected chi connectivity index (χ0v) is 12.2. The lowest BCUT2D eigenvalue weighted by Gasteiger charge is -2.18. The molecule has 0 spiro atoms. The molecule has 0 unspecified atom stereocenters. The number of nitrogens with zero attached hydrogens (tertiary/aromatic N) is 2. The van der Waals surface area contributed by atoms with Crippen molar-refractivity contribution < 1.29 is 0 Å². The fourth-order valence-corrected chi connectivity index (χ4v) is 3.28. The molecule has 3 nitrogen and oxygen atoms in total. The minimum atomic E-state index is 0.446. The lowest BCUT2D eigenvalue weighted by molar-refractivity contribution is 0.418. The number of aromatic nitrogens is 1. The van der Waals surface area contributed by atoms with Gasteiger partial charge < -0.3 is 10.2 Å². The van der Waals surface area contributed by atoms with Crippen molar-refractivity contribution >= 4 is 16.5 Å². The number of hydrogen-bond donors (Lipinski definition) is 1. The van der Waals surface area contributed by atoms with E-state index in [0.29, 0.717) is 5.41 Å². The highest BCUT2D eigenvalue weighted by molar-refractivity contribution is 7.15. The SMILES string of the molecule is CCNCc1sc(N2CCC(C)(C)C2)nc1C. The first-order valence-corrected chi connectivity index (χ1v) is 7.25. The van der Waals surface area contributed by atoms with Gasteiger partial charge in [-0.25, -0.2) is 4.98 Å². The van der Waals surface area contributed by atoms with Gasteiger partial charge in [0.05, 0.1) is 5.69 Å². The van der Waals surface area contributed by atoms with Gasteiger partial charge in [-0.3, -0.25) is 0 Å². The van der Waals surface area contributed by atoms with E-state index in [2.05, 4.69) is 37.9 Å². The van der Waals surface area contributed by atoms with Crippen LogP contribution in [0.2, 0.25) is 0 Å². The molecule has 2 rings (SSSR count). The number of anilines is 1. The van der Waals surface area contributed by atoms with Gasteiger partial charge in [0.15, 0.2) is 5.13 Å². The van der Waals surface area contributed by atoms with Crippen LogP contribution in [0.1, 0.15) is 37.8 Å². The summed E-state index contributed by atoms with van der Waals surface area (Å²) in [5.41, 5.74) is 1.64. The van der Waals surface area contributed by atoms with Gasteiger partial charge in [0.2, 0.25) is 0 Å². The summed E-state index contributed by atoms with van der Waals surface area (Å²) >= 11 is 1.85. The average Bonchev–Trinajstić information content (AvgIpc) is 2.79. The van der Waals surface area contributed by atoms with Gasteiger partial charge in [-0.05, 0) is 25.3 Å². The highest BCUT2D eigenvalue weighted by atomic mass is 32.1. The lowest BCUT2D eigenvalue weighted by atomic mass is 9.93. The summed E-state index contributed by atoms with van der Waals surface area (Å²) in [4.78, 5) is 8.53. The van der Waals surface area contributed by atoms with Gasteiger partial charge in [0.25, 0.3) is 0 Å². The quantitative estimate of drug-likeness (QED) is 0.894. The number of thiazole rings is 1. The average molecular weight is 253 g/mol. The number of aryl methyl sites for hydroxylation is 1. The molecule has 1 aromatic heterocycles. The Hall–Kier alpha value is -0.610. The fraction of sp³-hybridized carbons (Fsp3) is 0.769. The summed E-state index contributed by atoms with van der Waals surface area (Å²) in [6.07, 6.45) is 1.27. The predicted octanol–water partition coefficient (Wildman–Crippen LogP) is 2.80. The fourth-order valence-electron chi connectivity index (χ4n) is 2.23. The standard InChI is InChI=1S/C13H23N3S/c1-5-14-8-11-10(2)15-12(17-11)16-7-6-13(3,4)9-16/h14H,5-9H2,1-4H3. The van der Waals surface area contributed by atoms with Crippen molar-refractivity contribution in [3.05, 3.63) is 10.6 Å². The number of rotatable bonds is 4. The van der Waals surface area contributed by atoms with E-state index in [9.17, 15) is 0 Å². The molecular weight excluding hydrogens is 230 g/mol. The van der Waals surface area contributed by atoms with E-state index in [1.165, 1.54) is 22.1 Å². The Morgan fingerprint density at radius 1 is 1.47 bits per heavy atom. The maximum Gasteiger partial charge on any atom is 0.185 e. The minimum absolute atomic E-state index is 0.446. The van der Waals surface area contributed by atoms with Crippen LogP contribution in [0, 0.1) is 12.3 Å². The topological polar surface area (TPSA) is 28.2 Å². The third-order valence-electron chi connectivity index (χ3n) is 3.36. The second-order valence-corrected chi connectivity index (χ2v) is 6.68. The first-order chi connectivity index (χ1) is 8.02. The van der Waals surface area contributed by atoms with Crippen LogP contribution in [0.25, 0.3) is 0 Å². The molecule has 1 N–H and O–H groups in total. The molecule has 17 heavy (non-hydrogen) atoms. The monoisotopic (exact) mass is 253 g/mol. The maximum absolute atomic E-state index is 4.72. The molecule has 4 heteroatoms. The Kier molecular flexibility index (Phi) is 3.73. The highest BCUT2D eigenvalue weighted by Crippen LogP contribution is 2.35. The van der Waals surface area contributed by atoms with E-state index in [1.807, 2.05) is 11.3 Å². The van der Waals surface area contributed by atoms with Crippen molar-refractivity contribution in [1.29, 1.82) is 0 Å². The van der Waals surface area contributed by atoms with Gasteiger partial charge in [-0.1, -0.05) is 20.8 Å². The van der Waals surface area contributed by atoms with Gasteiger partial charge in [-0.2, -0.15) is 0 Å². The van der Waals surface area contributed by atoms with Crippen LogP contribution in [-0.4, -0.2) is 24.6 Å². The van der Waals surface area contributed by atoms with Gasteiger partial charge in [-0.15, -0.1) is 11.3 Å². The first-order valence-electron chi connectivity index (χ1n) is 6.44. The molecule has 0 aromatic carbocycles. The van der Waals surface area contributed by atoms with Crippen molar-refractivity contribution in [2.24, 2.45) is 5.41 Å². The van der Waals surface area contributed by atoms with Crippen LogP contribution in [-0.2, 0) is 6.54 Å². The molecule has 0 saturated carbocycles. The molecule has 2 heterocycles. The minimum Gasteiger partial charge on any atom is -0.348 e. The Morgan fingerprint density at radius 3 is 2.82 bits per heavy atom. The van der Waals surface area contributed by atoms with Gasteiger partial charge in [0, 0.05) is 24.5 Å². The van der Waals surface area contributed by atoms with Crippen molar-refractivity contribution in [1.82, 2.24) is 10.3 Å². The molecule has 1 fully saturated rings. The summed E-state index contributed by atoms with van der Waals surface area (Å²) in [5.74, 6) is 0. The summed E-state index contributed by atoms with van der Waals surface area (Å²) in [7, 11) is 0. The summed E-state index contributed by atoms with van der Waals surface area (Å²) in [6.45, 7) is 13.2. The van der Waals surface area contributed by atoms with Crippen LogP contribution < -0.4 is 10.2 Å². The normalized spacial score (nSPS) is 18.9. The van der Waals surface area contributed by atoms with E-state index >= 15 is 0 Å². The third kappa shape index (κ3) is 2.99. The molecule has 0 atom stereocenters. The molecule has 0 radical (unpaired) electrons. The molecule has 96 valence electrons. The largest absolute Gasteiger partial charge is 0.348 e. The predicted molar refractivity (Wildman–Crippen MR) is 74.8 cm³/mol. The maximum atomic E-state index is 4.72. The summed E-state index contributed by atoms with van der Waals surface area (Å²) in [5, 5.41) is 4.59. The zero-order valence-electron chi connectivity index (χ0n) is 11.3. The van der Waals surface area contributed by atoms with E-state index < -0.39 is 0 Å². The van der Waals surface area contributed by atoms with Crippen molar-refractivity contribution in [3.63, 3.8) is 0 Å². The molecule has 1 aromatic rings. The summed E-state index contributed by atoms with van der Waals surface area (Å²) in [6, 6.07) is 0. The number of nitrogens with one attached hydrogen (secondary N) is 1. The van der Waals surface area contributed by atoms with E-state index in [-0.39, 0.29) is 0 Å². The highest BCUT2D eigenvalue weighted by Gasteiger charge is 2.30. The van der Waals surface area contributed by atoms with Crippen LogP contribution in [0.15, 0.2) is 0 Å². The van der Waals surface area contributed by atoms with Crippen LogP contribution in [0.5, 0.6) is 0 Å². The molecule has 0 aliphatic carbocycles. The Bertz CT molecular complexity index is 384. The lowest BCUT2D eigenvalue weighted by Crippen LogP contribution is -2.22. The smallest absolute Gasteiger partial charge is 0.185 e. The van der Waals surface area contributed by atoms with Crippen molar-refractivity contribution in [2.75, 3.05) is 24.5 Å². The van der Waals surface area contributed by atoms with Crippen molar-refractivity contribution in [2.45, 2.75) is 40.7 Å². The van der Waals surface area contributed by atoms with Gasteiger partial charge >= 0.3 is 0 Å². The van der Waals surface area contributed by atoms with Gasteiger partial charge in [0.1, 0.15) is 0 Å². The number of hydrogen-bond acceptors (Lipinski definition) is 4. The zero-order chi connectivity index (χ0) is 12.5. The van der Waals surface area contributed by atoms with Crippen LogP contribution >= 0.6 is 11.3 Å². The molecule has 1 aliphatic heterocycles. The van der Waals surface area contributed by atoms with Crippen LogP contribution in [0.3, 0.4) is 0 Å². The van der Waals surface area contributed by atoms with Crippen molar-refractivity contribution in [3.8, 4) is 0 Å². The van der Waals surface area contributed by atoms with E-state index in [1.54, 1.807) is 0 Å². The Balaban J connectivity index is 2.07. The Morgan fingerprint density at radius 2 is 2.24 bits per heavy atom. The molecule has 0 amide bonds. The second-order valence-electron chi connectivity index (χ2n) is 5.62.